The van der Waals surface area contributed by atoms with E-state index >= 15 is 0 Å². The van der Waals surface area contributed by atoms with Crippen LogP contribution >= 0.6 is 0 Å². The molecule has 1 amide bonds. The molecule has 0 aromatic heterocycles. The van der Waals surface area contributed by atoms with Gasteiger partial charge in [-0.1, -0.05) is 6.07 Å². The molecule has 15 heavy (non-hydrogen) atoms. The number of hydrogen-bond acceptors (Lipinski definition) is 2. The third kappa shape index (κ3) is 3.28. The number of carbonyl (C=O) groups excluding carboxylic acids is 1. The number of halogens is 2. The normalized spacial score (nSPS) is 12.3. The minimum atomic E-state index is -0.928. The first-order valence-corrected chi connectivity index (χ1v) is 4.48. The van der Waals surface area contributed by atoms with Crippen molar-refractivity contribution in [3.63, 3.8) is 0 Å². The lowest BCUT2D eigenvalue weighted by Gasteiger charge is -2.07. The van der Waals surface area contributed by atoms with E-state index in [1.807, 2.05) is 0 Å². The number of nitrogens with two attached hydrogens (primary N) is 1. The van der Waals surface area contributed by atoms with E-state index in [1.165, 1.54) is 6.07 Å². The molecule has 5 heteroatoms. The fraction of sp³-hybridized carbons (Fsp3) is 0.300. The zero-order valence-electron chi connectivity index (χ0n) is 8.26. The van der Waals surface area contributed by atoms with Crippen molar-refractivity contribution in [2.45, 2.75) is 19.5 Å². The molecule has 0 aliphatic carbocycles. The van der Waals surface area contributed by atoms with Gasteiger partial charge in [-0.2, -0.15) is 0 Å². The van der Waals surface area contributed by atoms with E-state index in [1.54, 1.807) is 6.92 Å². The van der Waals surface area contributed by atoms with Crippen LogP contribution in [0.3, 0.4) is 0 Å². The van der Waals surface area contributed by atoms with E-state index in [0.717, 1.165) is 12.1 Å². The van der Waals surface area contributed by atoms with Gasteiger partial charge in [0.25, 0.3) is 0 Å². The average molecular weight is 214 g/mol. The van der Waals surface area contributed by atoms with Crippen molar-refractivity contribution in [1.82, 2.24) is 5.32 Å². The predicted molar refractivity (Wildman–Crippen MR) is 51.9 cm³/mol. The molecule has 0 bridgehead atoms. The molecule has 0 heterocycles. The molecule has 0 aliphatic heterocycles. The molecular weight excluding hydrogens is 202 g/mol. The maximum atomic E-state index is 12.7. The molecule has 0 fully saturated rings. The summed E-state index contributed by atoms with van der Waals surface area (Å²) < 4.78 is 25.3. The highest BCUT2D eigenvalue weighted by Crippen LogP contribution is 2.08. The van der Waals surface area contributed by atoms with Gasteiger partial charge in [-0.15, -0.1) is 0 Å². The van der Waals surface area contributed by atoms with E-state index in [4.69, 9.17) is 5.73 Å². The maximum Gasteiger partial charge on any atom is 0.236 e. The van der Waals surface area contributed by atoms with Gasteiger partial charge in [0.1, 0.15) is 0 Å². The minimum absolute atomic E-state index is 0.136. The monoisotopic (exact) mass is 214 g/mol. The van der Waals surface area contributed by atoms with E-state index in [0.29, 0.717) is 5.56 Å². The highest BCUT2D eigenvalue weighted by Gasteiger charge is 2.07. The summed E-state index contributed by atoms with van der Waals surface area (Å²) >= 11 is 0. The molecule has 1 rings (SSSR count). The lowest BCUT2D eigenvalue weighted by molar-refractivity contribution is -0.122. The molecule has 0 saturated heterocycles. The molecular formula is C10H12F2N2O. The van der Waals surface area contributed by atoms with Crippen molar-refractivity contribution in [3.8, 4) is 0 Å². The van der Waals surface area contributed by atoms with Crippen molar-refractivity contribution < 1.29 is 13.6 Å². The fourth-order valence-corrected chi connectivity index (χ4v) is 1.000. The average Bonchev–Trinajstić information content (AvgIpc) is 2.19. The largest absolute Gasteiger partial charge is 0.351 e. The summed E-state index contributed by atoms with van der Waals surface area (Å²) in [6.45, 7) is 1.68. The summed E-state index contributed by atoms with van der Waals surface area (Å²) in [6, 6.07) is 2.84. The second kappa shape index (κ2) is 4.84. The zero-order valence-corrected chi connectivity index (χ0v) is 8.26. The van der Waals surface area contributed by atoms with Crippen molar-refractivity contribution in [2.24, 2.45) is 5.73 Å². The Kier molecular flexibility index (Phi) is 3.74. The second-order valence-corrected chi connectivity index (χ2v) is 3.25. The Bertz CT molecular complexity index is 366. The van der Waals surface area contributed by atoms with Crippen LogP contribution in [0.1, 0.15) is 12.5 Å². The van der Waals surface area contributed by atoms with Gasteiger partial charge in [-0.25, -0.2) is 8.78 Å². The summed E-state index contributed by atoms with van der Waals surface area (Å²) in [5.41, 5.74) is 5.80. The van der Waals surface area contributed by atoms with Crippen molar-refractivity contribution in [2.75, 3.05) is 0 Å². The summed E-state index contributed by atoms with van der Waals surface area (Å²) in [5, 5.41) is 2.49. The predicted octanol–water partition coefficient (Wildman–Crippen LogP) is 0.928. The number of amides is 1. The van der Waals surface area contributed by atoms with Crippen LogP contribution < -0.4 is 11.1 Å². The second-order valence-electron chi connectivity index (χ2n) is 3.25. The Morgan fingerprint density at radius 1 is 1.47 bits per heavy atom. The van der Waals surface area contributed by atoms with Crippen LogP contribution in [0.15, 0.2) is 18.2 Å². The Labute approximate surface area is 86.3 Å². The molecule has 3 N–H and O–H groups in total. The number of benzene rings is 1. The number of rotatable bonds is 3. The van der Waals surface area contributed by atoms with Gasteiger partial charge >= 0.3 is 0 Å². The summed E-state index contributed by atoms with van der Waals surface area (Å²) in [5.74, 6) is -2.17. The van der Waals surface area contributed by atoms with Gasteiger partial charge in [-0.05, 0) is 24.6 Å². The first kappa shape index (κ1) is 11.6. The Balaban J connectivity index is 2.58. The van der Waals surface area contributed by atoms with Crippen LogP contribution in [0.4, 0.5) is 8.78 Å². The number of hydrogen-bond donors (Lipinski definition) is 2. The van der Waals surface area contributed by atoms with Gasteiger partial charge in [0.05, 0.1) is 6.04 Å². The first-order chi connectivity index (χ1) is 7.00. The van der Waals surface area contributed by atoms with E-state index < -0.39 is 17.7 Å². The van der Waals surface area contributed by atoms with Crippen LogP contribution in [0.5, 0.6) is 0 Å². The number of carbonyl (C=O) groups is 1. The van der Waals surface area contributed by atoms with Gasteiger partial charge < -0.3 is 11.1 Å². The summed E-state index contributed by atoms with van der Waals surface area (Å²) in [6.07, 6.45) is 0. The highest BCUT2D eigenvalue weighted by molar-refractivity contribution is 5.80. The lowest BCUT2D eigenvalue weighted by atomic mass is 10.2. The Morgan fingerprint density at radius 3 is 2.67 bits per heavy atom. The third-order valence-electron chi connectivity index (χ3n) is 1.86. The van der Waals surface area contributed by atoms with Crippen LogP contribution in [0.2, 0.25) is 0 Å². The smallest absolute Gasteiger partial charge is 0.236 e. The van der Waals surface area contributed by atoms with Crippen molar-refractivity contribution in [1.29, 1.82) is 0 Å². The molecule has 0 spiro atoms. The molecule has 0 radical (unpaired) electrons. The Morgan fingerprint density at radius 2 is 2.13 bits per heavy atom. The topological polar surface area (TPSA) is 55.1 Å². The van der Waals surface area contributed by atoms with Crippen LogP contribution in [-0.2, 0) is 11.3 Å². The molecule has 82 valence electrons. The van der Waals surface area contributed by atoms with Gasteiger partial charge in [-0.3, -0.25) is 4.79 Å². The molecule has 1 aromatic rings. The SMILES string of the molecule is C[C@@H](N)C(=O)NCc1ccc(F)c(F)c1. The molecule has 0 aliphatic rings. The quantitative estimate of drug-likeness (QED) is 0.786. The van der Waals surface area contributed by atoms with E-state index in [-0.39, 0.29) is 12.5 Å². The van der Waals surface area contributed by atoms with E-state index in [2.05, 4.69) is 5.32 Å². The molecule has 1 aromatic carbocycles. The zero-order chi connectivity index (χ0) is 11.4. The van der Waals surface area contributed by atoms with E-state index in [9.17, 15) is 13.6 Å². The van der Waals surface area contributed by atoms with Gasteiger partial charge in [0.2, 0.25) is 5.91 Å². The van der Waals surface area contributed by atoms with Crippen LogP contribution in [0, 0.1) is 11.6 Å². The standard InChI is InChI=1S/C10H12F2N2O/c1-6(13)10(15)14-5-7-2-3-8(11)9(12)4-7/h2-4,6H,5,13H2,1H3,(H,14,15)/t6-/m1/s1. The van der Waals surface area contributed by atoms with Crippen LogP contribution in [-0.4, -0.2) is 11.9 Å². The molecule has 3 nitrogen and oxygen atoms in total. The summed E-state index contributed by atoms with van der Waals surface area (Å²) in [4.78, 5) is 11.1. The van der Waals surface area contributed by atoms with Crippen LogP contribution in [0.25, 0.3) is 0 Å². The maximum absolute atomic E-state index is 12.7. The Hall–Kier alpha value is -1.49. The van der Waals surface area contributed by atoms with Gasteiger partial charge in [0, 0.05) is 6.54 Å². The number of nitrogens with one attached hydrogen (secondary N) is 1. The van der Waals surface area contributed by atoms with Crippen molar-refractivity contribution >= 4 is 5.91 Å². The minimum Gasteiger partial charge on any atom is -0.351 e. The third-order valence-corrected chi connectivity index (χ3v) is 1.86. The first-order valence-electron chi connectivity index (χ1n) is 4.48. The summed E-state index contributed by atoms with van der Waals surface area (Å²) in [7, 11) is 0. The molecule has 0 saturated carbocycles. The lowest BCUT2D eigenvalue weighted by Crippen LogP contribution is -2.37. The van der Waals surface area contributed by atoms with Crippen molar-refractivity contribution in [3.05, 3.63) is 35.4 Å². The van der Waals surface area contributed by atoms with Gasteiger partial charge in [0.15, 0.2) is 11.6 Å². The molecule has 1 atom stereocenters. The highest BCUT2D eigenvalue weighted by atomic mass is 19.2. The molecule has 0 unspecified atom stereocenters. The fourth-order valence-electron chi connectivity index (χ4n) is 1.000.